The Morgan fingerprint density at radius 2 is 1.78 bits per heavy atom. The summed E-state index contributed by atoms with van der Waals surface area (Å²) in [4.78, 5) is 61.6. The fraction of sp³-hybridized carbons (Fsp3) is 0.379. The first kappa shape index (κ1) is 29.7. The molecule has 0 saturated carbocycles. The topological polar surface area (TPSA) is 174 Å². The zero-order valence-corrected chi connectivity index (χ0v) is 23.8. The molecule has 7 N–H and O–H groups in total. The fourth-order valence-corrected chi connectivity index (χ4v) is 5.96. The number of carbonyl (C=O) groups excluding carboxylic acids is 4. The number of nitrogens with one attached hydrogen (secondary N) is 3. The van der Waals surface area contributed by atoms with Gasteiger partial charge in [0.05, 0.1) is 22.8 Å². The molecule has 11 nitrogen and oxygen atoms in total. The minimum absolute atomic E-state index is 0.0763. The van der Waals surface area contributed by atoms with Crippen LogP contribution in [0.15, 0.2) is 54.6 Å². The lowest BCUT2D eigenvalue weighted by molar-refractivity contribution is -0.459. The lowest BCUT2D eigenvalue weighted by Crippen LogP contribution is -2.78. The SMILES string of the molecule is CC(=O)NC(Cc1ccccc1)C(=O)N1CCCC1C(=O)NC(CCC[NH+]=C(N)N)C(=O)c1nc2ccccc2s1. The van der Waals surface area contributed by atoms with E-state index in [1.54, 1.807) is 0 Å². The highest BCUT2D eigenvalue weighted by molar-refractivity contribution is 7.20. The number of likely N-dealkylation sites (tertiary alicyclic amines) is 1. The number of amides is 3. The van der Waals surface area contributed by atoms with E-state index in [9.17, 15) is 19.2 Å². The zero-order chi connectivity index (χ0) is 29.4. The second kappa shape index (κ2) is 13.8. The molecular weight excluding hydrogens is 542 g/mol. The van der Waals surface area contributed by atoms with Crippen LogP contribution in [-0.4, -0.2) is 70.6 Å². The Kier molecular flexibility index (Phi) is 10.0. The lowest BCUT2D eigenvalue weighted by atomic mass is 10.0. The molecule has 3 amide bonds. The number of Topliss-reactive ketones (excluding diaryl/α,β-unsaturated/α-hetero) is 1. The van der Waals surface area contributed by atoms with Gasteiger partial charge in [0.25, 0.3) is 0 Å². The molecule has 2 heterocycles. The van der Waals surface area contributed by atoms with Crippen molar-refractivity contribution in [2.45, 2.75) is 57.2 Å². The molecule has 3 unspecified atom stereocenters. The Balaban J connectivity index is 1.51. The normalized spacial score (nSPS) is 16.1. The third kappa shape index (κ3) is 7.88. The number of nitrogens with two attached hydrogens (primary N) is 2. The van der Waals surface area contributed by atoms with Gasteiger partial charge in [-0.25, -0.2) is 4.98 Å². The first-order valence-corrected chi connectivity index (χ1v) is 14.5. The number of nitrogens with zero attached hydrogens (tertiary/aromatic N) is 2. The summed E-state index contributed by atoms with van der Waals surface area (Å²) in [6, 6.07) is 14.4. The van der Waals surface area contributed by atoms with Gasteiger partial charge in [0, 0.05) is 19.9 Å². The maximum atomic E-state index is 13.6. The molecule has 41 heavy (non-hydrogen) atoms. The predicted molar refractivity (Wildman–Crippen MR) is 157 cm³/mol. The maximum Gasteiger partial charge on any atom is 0.338 e. The summed E-state index contributed by atoms with van der Waals surface area (Å²) in [6.07, 6.45) is 2.22. The number of para-hydroxylation sites is 1. The van der Waals surface area contributed by atoms with Crippen molar-refractivity contribution in [3.05, 3.63) is 65.2 Å². The Bertz CT molecular complexity index is 1390. The molecule has 0 bridgehead atoms. The second-order valence-corrected chi connectivity index (χ2v) is 11.1. The molecule has 3 atom stereocenters. The number of benzene rings is 2. The largest absolute Gasteiger partial charge is 0.344 e. The molecule has 0 aliphatic carbocycles. The molecule has 3 aromatic rings. The van der Waals surface area contributed by atoms with Crippen LogP contribution in [0.4, 0.5) is 0 Å². The van der Waals surface area contributed by atoms with Crippen LogP contribution in [0.5, 0.6) is 0 Å². The number of aromatic nitrogens is 1. The molecule has 216 valence electrons. The average Bonchev–Trinajstić information content (AvgIpc) is 3.61. The summed E-state index contributed by atoms with van der Waals surface area (Å²) in [7, 11) is 0. The molecule has 1 aromatic heterocycles. The zero-order valence-electron chi connectivity index (χ0n) is 23.0. The number of fused-ring (bicyclic) bond motifs is 1. The molecule has 0 radical (unpaired) electrons. The highest BCUT2D eigenvalue weighted by Crippen LogP contribution is 2.24. The van der Waals surface area contributed by atoms with Gasteiger partial charge in [-0.1, -0.05) is 42.5 Å². The van der Waals surface area contributed by atoms with Crippen LogP contribution in [0.1, 0.15) is 48.0 Å². The Hall–Kier alpha value is -4.32. The number of guanidine groups is 1. The highest BCUT2D eigenvalue weighted by atomic mass is 32.1. The van der Waals surface area contributed by atoms with Crippen LogP contribution in [0.2, 0.25) is 0 Å². The van der Waals surface area contributed by atoms with Crippen LogP contribution in [0, 0.1) is 0 Å². The van der Waals surface area contributed by atoms with Crippen molar-refractivity contribution in [3.8, 4) is 0 Å². The van der Waals surface area contributed by atoms with Crippen molar-refractivity contribution in [1.29, 1.82) is 0 Å². The summed E-state index contributed by atoms with van der Waals surface area (Å²) >= 11 is 1.28. The lowest BCUT2D eigenvalue weighted by Gasteiger charge is -2.29. The number of thiazole rings is 1. The number of rotatable bonds is 12. The smallest absolute Gasteiger partial charge is 0.338 e. The van der Waals surface area contributed by atoms with E-state index >= 15 is 0 Å². The van der Waals surface area contributed by atoms with Gasteiger partial charge in [0.1, 0.15) is 12.1 Å². The van der Waals surface area contributed by atoms with Crippen molar-refractivity contribution < 1.29 is 24.2 Å². The quantitative estimate of drug-likeness (QED) is 0.0859. The van der Waals surface area contributed by atoms with Gasteiger partial charge in [-0.3, -0.25) is 35.6 Å². The molecule has 2 aromatic carbocycles. The third-order valence-corrected chi connectivity index (χ3v) is 7.98. The number of hydrogen-bond donors (Lipinski definition) is 5. The van der Waals surface area contributed by atoms with Crippen LogP contribution in [-0.2, 0) is 20.8 Å². The van der Waals surface area contributed by atoms with E-state index in [-0.39, 0.29) is 23.6 Å². The van der Waals surface area contributed by atoms with E-state index in [0.29, 0.717) is 55.7 Å². The molecule has 1 fully saturated rings. The molecule has 4 rings (SSSR count). The minimum atomic E-state index is -0.850. The molecule has 1 aliphatic rings. The number of ketones is 1. The predicted octanol–water partition coefficient (Wildman–Crippen LogP) is -0.164. The first-order chi connectivity index (χ1) is 19.7. The number of hydrogen-bond acceptors (Lipinski definition) is 6. The average molecular weight is 579 g/mol. The number of carbonyl (C=O) groups is 4. The molecule has 0 spiro atoms. The van der Waals surface area contributed by atoms with Gasteiger partial charge in [-0.15, -0.1) is 11.3 Å². The van der Waals surface area contributed by atoms with E-state index in [0.717, 1.165) is 10.3 Å². The van der Waals surface area contributed by atoms with Crippen LogP contribution >= 0.6 is 11.3 Å². The van der Waals surface area contributed by atoms with Gasteiger partial charge in [0.15, 0.2) is 5.01 Å². The van der Waals surface area contributed by atoms with Crippen molar-refractivity contribution in [2.24, 2.45) is 11.5 Å². The summed E-state index contributed by atoms with van der Waals surface area (Å²) < 4.78 is 0.878. The fourth-order valence-electron chi connectivity index (χ4n) is 5.00. The summed E-state index contributed by atoms with van der Waals surface area (Å²) in [5, 5.41) is 5.96. The van der Waals surface area contributed by atoms with Gasteiger partial charge >= 0.3 is 5.96 Å². The van der Waals surface area contributed by atoms with E-state index < -0.39 is 24.0 Å². The minimum Gasteiger partial charge on any atom is -0.344 e. The van der Waals surface area contributed by atoms with Crippen molar-refractivity contribution in [2.75, 3.05) is 13.1 Å². The van der Waals surface area contributed by atoms with Gasteiger partial charge in [0.2, 0.25) is 23.5 Å². The summed E-state index contributed by atoms with van der Waals surface area (Å²) in [5.41, 5.74) is 12.6. The van der Waals surface area contributed by atoms with Crippen LogP contribution < -0.4 is 27.1 Å². The summed E-state index contributed by atoms with van der Waals surface area (Å²) in [6.45, 7) is 2.17. The van der Waals surface area contributed by atoms with Crippen molar-refractivity contribution in [1.82, 2.24) is 20.5 Å². The van der Waals surface area contributed by atoms with E-state index in [4.69, 9.17) is 11.5 Å². The Morgan fingerprint density at radius 1 is 1.05 bits per heavy atom. The molecule has 1 aliphatic heterocycles. The molecule has 12 heteroatoms. The molecular formula is C29H36N7O4S+. The second-order valence-electron chi connectivity index (χ2n) is 10.1. The van der Waals surface area contributed by atoms with E-state index in [1.165, 1.54) is 23.2 Å². The maximum absolute atomic E-state index is 13.6. The Labute approximate surface area is 242 Å². The van der Waals surface area contributed by atoms with Gasteiger partial charge in [-0.05, 0) is 43.4 Å². The Morgan fingerprint density at radius 3 is 2.49 bits per heavy atom. The molecule has 1 saturated heterocycles. The van der Waals surface area contributed by atoms with Gasteiger partial charge in [-0.2, -0.15) is 0 Å². The van der Waals surface area contributed by atoms with Crippen molar-refractivity contribution in [3.63, 3.8) is 0 Å². The third-order valence-electron chi connectivity index (χ3n) is 6.93. The van der Waals surface area contributed by atoms with E-state index in [1.807, 2.05) is 54.6 Å². The van der Waals surface area contributed by atoms with Gasteiger partial charge < -0.3 is 15.5 Å². The monoisotopic (exact) mass is 578 g/mol. The summed E-state index contributed by atoms with van der Waals surface area (Å²) in [5.74, 6) is -1.28. The van der Waals surface area contributed by atoms with Crippen LogP contribution in [0.3, 0.4) is 0 Å². The first-order valence-electron chi connectivity index (χ1n) is 13.7. The van der Waals surface area contributed by atoms with Crippen molar-refractivity contribution >= 4 is 51.0 Å². The standard InChI is InChI=1S/C29H35N7O4S/c1-18(37)33-22(17-19-9-3-2-4-10-19)28(40)36-16-8-13-23(36)26(39)34-21(12-7-15-32-29(30)31)25(38)27-35-20-11-5-6-14-24(20)41-27/h2-6,9-11,14,21-23H,7-8,12-13,15-17H2,1H3,(H,33,37)(H,34,39)(H4,30,31,32)/p+1. The van der Waals surface area contributed by atoms with Crippen LogP contribution in [0.25, 0.3) is 10.2 Å². The highest BCUT2D eigenvalue weighted by Gasteiger charge is 2.39. The van der Waals surface area contributed by atoms with E-state index in [2.05, 4.69) is 20.6 Å².